The van der Waals surface area contributed by atoms with Gasteiger partial charge in [0.25, 0.3) is 11.8 Å². The molecule has 450 valence electrons. The summed E-state index contributed by atoms with van der Waals surface area (Å²) in [5.74, 6) is -2.72. The van der Waals surface area contributed by atoms with Gasteiger partial charge < -0.3 is 49.2 Å². The normalized spacial score (nSPS) is 14.2. The molecule has 4 aromatic rings. The van der Waals surface area contributed by atoms with E-state index in [4.69, 9.17) is 23.7 Å². The highest BCUT2D eigenvalue weighted by molar-refractivity contribution is 6.14. The molecule has 0 atom stereocenters. The number of esters is 1. The van der Waals surface area contributed by atoms with E-state index in [1.54, 1.807) is 128 Å². The number of rotatable bonds is 12. The van der Waals surface area contributed by atoms with Crippen LogP contribution in [0.5, 0.6) is 0 Å². The summed E-state index contributed by atoms with van der Waals surface area (Å²) < 4.78 is 26.7. The number of aromatic nitrogens is 4. The van der Waals surface area contributed by atoms with Gasteiger partial charge in [0, 0.05) is 91.9 Å². The standard InChI is InChI=1S/C29H40N6O7.C28H38N6O7/c1-28(2,3)41-26(38)35(27(39)42-29(4,5)6)22-15-19(16-32-23(22)25(37)40-8)18-33-11-13-34(14-12-33)20-9-10-21(31-17-20)24(36)30-7;1-27(2,3)40-25(38)34(26(39)41-28(4,5)6)21-14-18(15-31-22(21)24(36)37)17-32-10-12-33(13-11-32)19-8-9-20(30-16-19)23(35)29-7/h9-10,15-17H,11-14,18H2,1-8H3,(H,30,36);8-9,14-16H,10-13,17H2,1-7H3,(H,29,35)(H,36,37). The van der Waals surface area contributed by atoms with Gasteiger partial charge in [-0.3, -0.25) is 19.4 Å². The molecule has 6 rings (SSSR count). The summed E-state index contributed by atoms with van der Waals surface area (Å²) in [6, 6.07) is 10.1. The Morgan fingerprint density at radius 3 is 1.10 bits per heavy atom. The highest BCUT2D eigenvalue weighted by Gasteiger charge is 2.38. The Hall–Kier alpha value is -8.52. The number of pyridine rings is 4. The Morgan fingerprint density at radius 2 is 0.819 bits per heavy atom. The molecule has 2 aliphatic rings. The minimum absolute atomic E-state index is 0.0937. The van der Waals surface area contributed by atoms with E-state index < -0.39 is 64.4 Å². The van der Waals surface area contributed by atoms with Crippen LogP contribution in [0.25, 0.3) is 0 Å². The van der Waals surface area contributed by atoms with Gasteiger partial charge >= 0.3 is 36.3 Å². The van der Waals surface area contributed by atoms with Crippen molar-refractivity contribution in [1.29, 1.82) is 0 Å². The van der Waals surface area contributed by atoms with Crippen LogP contribution in [-0.4, -0.2) is 179 Å². The lowest BCUT2D eigenvalue weighted by Gasteiger charge is -2.36. The Kier molecular flexibility index (Phi) is 21.6. The van der Waals surface area contributed by atoms with Gasteiger partial charge in [0.1, 0.15) is 33.8 Å². The van der Waals surface area contributed by atoms with Crippen LogP contribution in [0.15, 0.2) is 61.2 Å². The molecule has 0 aromatic carbocycles. The molecule has 2 aliphatic heterocycles. The zero-order valence-corrected chi connectivity index (χ0v) is 50.1. The second-order valence-electron chi connectivity index (χ2n) is 23.3. The van der Waals surface area contributed by atoms with Crippen LogP contribution in [0, 0.1) is 0 Å². The van der Waals surface area contributed by atoms with Gasteiger partial charge in [-0.1, -0.05) is 0 Å². The maximum absolute atomic E-state index is 13.3. The molecule has 0 saturated carbocycles. The minimum atomic E-state index is -1.41. The first-order valence-corrected chi connectivity index (χ1v) is 26.8. The third-order valence-electron chi connectivity index (χ3n) is 11.9. The predicted molar refractivity (Wildman–Crippen MR) is 307 cm³/mol. The van der Waals surface area contributed by atoms with E-state index in [1.807, 2.05) is 12.1 Å². The second-order valence-corrected chi connectivity index (χ2v) is 23.3. The molecule has 0 unspecified atom stereocenters. The Morgan fingerprint density at radius 1 is 0.494 bits per heavy atom. The van der Waals surface area contributed by atoms with Crippen LogP contribution in [0.2, 0.25) is 0 Å². The summed E-state index contributed by atoms with van der Waals surface area (Å²) in [6.45, 7) is 26.2. The van der Waals surface area contributed by atoms with E-state index in [9.17, 15) is 43.5 Å². The maximum atomic E-state index is 13.3. The number of carbonyl (C=O) groups excluding carboxylic acids is 7. The third kappa shape index (κ3) is 19.3. The fourth-order valence-electron chi connectivity index (χ4n) is 8.21. The molecule has 3 N–H and O–H groups in total. The van der Waals surface area contributed by atoms with Crippen molar-refractivity contribution in [3.05, 3.63) is 95.1 Å². The lowest BCUT2D eigenvalue weighted by molar-refractivity contribution is 0.0406. The smallest absolute Gasteiger partial charge is 0.424 e. The van der Waals surface area contributed by atoms with E-state index in [-0.39, 0.29) is 28.9 Å². The number of nitrogens with zero attached hydrogens (tertiary/aromatic N) is 10. The van der Waals surface area contributed by atoms with Crippen LogP contribution in [0.1, 0.15) is 136 Å². The van der Waals surface area contributed by atoms with Crippen LogP contribution >= 0.6 is 0 Å². The average molecular weight is 1160 g/mol. The van der Waals surface area contributed by atoms with Gasteiger partial charge in [-0.25, -0.2) is 48.7 Å². The number of methoxy groups -OCH3 is 1. The number of hydrogen-bond donors (Lipinski definition) is 3. The SMILES string of the molecule is CNC(=O)c1ccc(N2CCN(Cc3cnc(C(=O)O)c(N(C(=O)OC(C)(C)C)C(=O)OC(C)(C)C)c3)CC2)cn1.CNC(=O)c1ccc(N2CCN(Cc3cnc(C(=O)OC)c(N(C(=O)OC(C)(C)C)C(=O)OC(C)(C)C)c3)CC2)cn1. The number of ether oxygens (including phenoxy) is 5. The molecule has 0 aliphatic carbocycles. The Balaban J connectivity index is 0.000000304. The van der Waals surface area contributed by atoms with E-state index in [0.717, 1.165) is 11.4 Å². The predicted octanol–water partition coefficient (Wildman–Crippen LogP) is 7.15. The van der Waals surface area contributed by atoms with Crippen molar-refractivity contribution in [2.24, 2.45) is 0 Å². The van der Waals surface area contributed by atoms with Crippen molar-refractivity contribution in [2.75, 3.05) is 93.2 Å². The molecule has 0 spiro atoms. The number of nitrogens with one attached hydrogen (secondary N) is 2. The molecular formula is C57H78N12O14. The molecule has 6 amide bonds. The van der Waals surface area contributed by atoms with Crippen molar-refractivity contribution in [2.45, 2.75) is 119 Å². The van der Waals surface area contributed by atoms with E-state index in [1.165, 1.54) is 25.6 Å². The average Bonchev–Trinajstić information content (AvgIpc) is 3.49. The number of carbonyl (C=O) groups is 8. The number of amides is 6. The van der Waals surface area contributed by atoms with Gasteiger partial charge in [0.15, 0.2) is 11.4 Å². The number of hydrogen-bond acceptors (Lipinski definition) is 21. The number of anilines is 4. The summed E-state index contributed by atoms with van der Waals surface area (Å²) >= 11 is 0. The largest absolute Gasteiger partial charge is 0.476 e. The topological polar surface area (TPSA) is 298 Å². The highest BCUT2D eigenvalue weighted by atomic mass is 16.6. The number of imide groups is 2. The van der Waals surface area contributed by atoms with Crippen molar-refractivity contribution in [3.8, 4) is 0 Å². The molecule has 26 nitrogen and oxygen atoms in total. The van der Waals surface area contributed by atoms with Gasteiger partial charge in [-0.15, -0.1) is 0 Å². The van der Waals surface area contributed by atoms with Crippen molar-refractivity contribution < 1.29 is 67.1 Å². The first kappa shape index (κ1) is 65.3. The summed E-state index contributed by atoms with van der Waals surface area (Å²) in [6.07, 6.45) is 2.13. The quantitative estimate of drug-likeness (QED) is 0.0936. The Labute approximate surface area is 483 Å². The molecule has 6 heterocycles. The van der Waals surface area contributed by atoms with Crippen molar-refractivity contribution in [3.63, 3.8) is 0 Å². The molecule has 83 heavy (non-hydrogen) atoms. The third-order valence-corrected chi connectivity index (χ3v) is 11.9. The summed E-state index contributed by atoms with van der Waals surface area (Å²) in [7, 11) is 4.30. The first-order valence-electron chi connectivity index (χ1n) is 26.8. The fraction of sp³-hybridized carbons (Fsp3) is 0.509. The van der Waals surface area contributed by atoms with Gasteiger partial charge in [0.05, 0.1) is 42.3 Å². The number of piperazine rings is 2. The van der Waals surface area contributed by atoms with Crippen LogP contribution in [0.3, 0.4) is 0 Å². The maximum Gasteiger partial charge on any atom is 0.424 e. The zero-order valence-electron chi connectivity index (χ0n) is 50.1. The molecule has 26 heteroatoms. The molecule has 2 saturated heterocycles. The van der Waals surface area contributed by atoms with E-state index in [0.29, 0.717) is 97.8 Å². The molecular weight excluding hydrogens is 1080 g/mol. The zero-order chi connectivity index (χ0) is 61.8. The van der Waals surface area contributed by atoms with E-state index in [2.05, 4.69) is 50.2 Å². The fourth-order valence-corrected chi connectivity index (χ4v) is 8.21. The first-order chi connectivity index (χ1) is 38.7. The van der Waals surface area contributed by atoms with Crippen LogP contribution in [0.4, 0.5) is 41.9 Å². The monoisotopic (exact) mass is 1150 g/mol. The lowest BCUT2D eigenvalue weighted by atomic mass is 10.1. The number of carboxylic acid groups (broad SMARTS) is 1. The highest BCUT2D eigenvalue weighted by Crippen LogP contribution is 2.30. The van der Waals surface area contributed by atoms with Gasteiger partial charge in [-0.2, -0.15) is 9.80 Å². The summed E-state index contributed by atoms with van der Waals surface area (Å²) in [4.78, 5) is 128. The molecule has 2 fully saturated rings. The Bertz CT molecular complexity index is 2910. The van der Waals surface area contributed by atoms with Crippen LogP contribution in [-0.2, 0) is 36.8 Å². The minimum Gasteiger partial charge on any atom is -0.476 e. The number of carboxylic acids is 1. The molecule has 0 bridgehead atoms. The summed E-state index contributed by atoms with van der Waals surface area (Å²) in [5, 5.41) is 14.9. The van der Waals surface area contributed by atoms with Gasteiger partial charge in [0.2, 0.25) is 0 Å². The summed E-state index contributed by atoms with van der Waals surface area (Å²) in [5.41, 5.74) is -1.02. The van der Waals surface area contributed by atoms with Gasteiger partial charge in [-0.05, 0) is 131 Å². The number of aromatic carboxylic acids is 1. The molecule has 0 radical (unpaired) electrons. The lowest BCUT2D eigenvalue weighted by Crippen LogP contribution is -2.46. The second kappa shape index (κ2) is 27.5. The van der Waals surface area contributed by atoms with Crippen molar-refractivity contribution in [1.82, 2.24) is 40.4 Å². The van der Waals surface area contributed by atoms with E-state index >= 15 is 0 Å². The van der Waals surface area contributed by atoms with Crippen LogP contribution < -0.4 is 30.2 Å². The van der Waals surface area contributed by atoms with Crippen molar-refractivity contribution >= 4 is 70.9 Å². The molecule has 4 aromatic heterocycles.